The SMILES string of the molecule is COc1ccc2c(NC(=O)Nc3cc(Cl)ccc3OC)cc(C)nc2c1. The normalized spacial score (nSPS) is 10.5. The van der Waals surface area contributed by atoms with Crippen molar-refractivity contribution in [3.8, 4) is 11.5 Å². The summed E-state index contributed by atoms with van der Waals surface area (Å²) < 4.78 is 10.5. The topological polar surface area (TPSA) is 72.5 Å². The van der Waals surface area contributed by atoms with E-state index in [0.717, 1.165) is 16.6 Å². The molecule has 2 N–H and O–H groups in total. The van der Waals surface area contributed by atoms with Crippen LogP contribution in [0.15, 0.2) is 42.5 Å². The zero-order chi connectivity index (χ0) is 18.7. The number of anilines is 2. The molecule has 134 valence electrons. The Hall–Kier alpha value is -2.99. The summed E-state index contributed by atoms with van der Waals surface area (Å²) >= 11 is 6.00. The van der Waals surface area contributed by atoms with Crippen LogP contribution in [0.1, 0.15) is 5.69 Å². The molecule has 3 rings (SSSR count). The lowest BCUT2D eigenvalue weighted by Gasteiger charge is -2.13. The molecule has 0 radical (unpaired) electrons. The van der Waals surface area contributed by atoms with Gasteiger partial charge in [-0.05, 0) is 43.3 Å². The van der Waals surface area contributed by atoms with Crippen molar-refractivity contribution in [2.45, 2.75) is 6.92 Å². The summed E-state index contributed by atoms with van der Waals surface area (Å²) in [5, 5.41) is 6.91. The van der Waals surface area contributed by atoms with E-state index in [9.17, 15) is 4.79 Å². The highest BCUT2D eigenvalue weighted by Gasteiger charge is 2.11. The molecule has 0 aliphatic rings. The van der Waals surface area contributed by atoms with Gasteiger partial charge in [-0.3, -0.25) is 4.98 Å². The molecule has 0 saturated carbocycles. The van der Waals surface area contributed by atoms with Crippen molar-refractivity contribution in [1.82, 2.24) is 4.98 Å². The number of carbonyl (C=O) groups excluding carboxylic acids is 1. The van der Waals surface area contributed by atoms with Crippen LogP contribution in [0.2, 0.25) is 5.02 Å². The van der Waals surface area contributed by atoms with Crippen LogP contribution >= 0.6 is 11.6 Å². The first-order valence-corrected chi connectivity index (χ1v) is 8.25. The second-order valence-corrected chi connectivity index (χ2v) is 6.05. The van der Waals surface area contributed by atoms with Crippen molar-refractivity contribution in [3.63, 3.8) is 0 Å². The number of benzene rings is 2. The van der Waals surface area contributed by atoms with Crippen molar-refractivity contribution in [2.24, 2.45) is 0 Å². The number of amides is 2. The number of rotatable bonds is 4. The number of nitrogens with zero attached hydrogens (tertiary/aromatic N) is 1. The Labute approximate surface area is 156 Å². The highest BCUT2D eigenvalue weighted by molar-refractivity contribution is 6.31. The molecule has 0 bridgehead atoms. The molecule has 1 heterocycles. The van der Waals surface area contributed by atoms with Gasteiger partial charge in [0.2, 0.25) is 0 Å². The molecule has 2 aromatic carbocycles. The van der Waals surface area contributed by atoms with Gasteiger partial charge in [0.15, 0.2) is 0 Å². The van der Waals surface area contributed by atoms with Gasteiger partial charge in [-0.25, -0.2) is 4.79 Å². The number of pyridine rings is 1. The van der Waals surface area contributed by atoms with Crippen molar-refractivity contribution >= 4 is 39.9 Å². The molecule has 2 amide bonds. The average Bonchev–Trinajstić information content (AvgIpc) is 2.61. The molecule has 0 unspecified atom stereocenters. The largest absolute Gasteiger partial charge is 0.497 e. The molecular formula is C19H18ClN3O3. The Bertz CT molecular complexity index is 976. The molecular weight excluding hydrogens is 354 g/mol. The highest BCUT2D eigenvalue weighted by atomic mass is 35.5. The van der Waals surface area contributed by atoms with Crippen molar-refractivity contribution in [3.05, 3.63) is 53.2 Å². The van der Waals surface area contributed by atoms with Crippen molar-refractivity contribution in [2.75, 3.05) is 24.9 Å². The minimum absolute atomic E-state index is 0.409. The van der Waals surface area contributed by atoms with Crippen LogP contribution in [0.4, 0.5) is 16.2 Å². The zero-order valence-corrected chi connectivity index (χ0v) is 15.3. The number of hydrogen-bond acceptors (Lipinski definition) is 4. The first-order chi connectivity index (χ1) is 12.5. The van der Waals surface area contributed by atoms with Gasteiger partial charge in [0, 0.05) is 22.2 Å². The van der Waals surface area contributed by atoms with E-state index in [1.807, 2.05) is 31.2 Å². The van der Waals surface area contributed by atoms with Crippen LogP contribution in [-0.4, -0.2) is 25.2 Å². The third-order valence-corrected chi connectivity index (χ3v) is 4.04. The minimum atomic E-state index is -0.409. The second kappa shape index (κ2) is 7.49. The maximum atomic E-state index is 12.5. The molecule has 0 aliphatic heterocycles. The number of carbonyl (C=O) groups is 1. The molecule has 0 aliphatic carbocycles. The smallest absolute Gasteiger partial charge is 0.323 e. The van der Waals surface area contributed by atoms with E-state index < -0.39 is 6.03 Å². The van der Waals surface area contributed by atoms with Crippen molar-refractivity contribution in [1.29, 1.82) is 0 Å². The molecule has 6 nitrogen and oxygen atoms in total. The van der Waals surface area contributed by atoms with E-state index in [1.165, 1.54) is 7.11 Å². The fourth-order valence-electron chi connectivity index (χ4n) is 2.62. The van der Waals surface area contributed by atoms with E-state index in [1.54, 1.807) is 25.3 Å². The molecule has 7 heteroatoms. The van der Waals surface area contributed by atoms with Crippen LogP contribution in [0.5, 0.6) is 11.5 Å². The maximum Gasteiger partial charge on any atom is 0.323 e. The van der Waals surface area contributed by atoms with Crippen LogP contribution in [0.25, 0.3) is 10.9 Å². The fraction of sp³-hybridized carbons (Fsp3) is 0.158. The number of nitrogens with one attached hydrogen (secondary N) is 2. The summed E-state index contributed by atoms with van der Waals surface area (Å²) in [6, 6.07) is 11.9. The Morgan fingerprint density at radius 2 is 1.77 bits per heavy atom. The Balaban J connectivity index is 1.89. The number of hydrogen-bond donors (Lipinski definition) is 2. The number of methoxy groups -OCH3 is 2. The number of aryl methyl sites for hydroxylation is 1. The standard InChI is InChI=1S/C19H18ClN3O3/c1-11-8-15(14-6-5-13(25-2)10-16(14)21-11)22-19(24)23-17-9-12(20)4-7-18(17)26-3/h4-10H,1-3H3,(H2,21,22,23,24). The molecule has 3 aromatic rings. The van der Waals surface area contributed by atoms with Gasteiger partial charge in [-0.1, -0.05) is 11.6 Å². The summed E-state index contributed by atoms with van der Waals surface area (Å²) in [6.07, 6.45) is 0. The minimum Gasteiger partial charge on any atom is -0.497 e. The molecule has 0 saturated heterocycles. The monoisotopic (exact) mass is 371 g/mol. The first kappa shape index (κ1) is 17.8. The fourth-order valence-corrected chi connectivity index (χ4v) is 2.80. The Morgan fingerprint density at radius 3 is 2.50 bits per heavy atom. The predicted octanol–water partition coefficient (Wildman–Crippen LogP) is 4.86. The number of ether oxygens (including phenoxy) is 2. The predicted molar refractivity (Wildman–Crippen MR) is 104 cm³/mol. The van der Waals surface area contributed by atoms with Gasteiger partial charge < -0.3 is 20.1 Å². The summed E-state index contributed by atoms with van der Waals surface area (Å²) in [6.45, 7) is 1.86. The molecule has 0 spiro atoms. The van der Waals surface area contributed by atoms with E-state index in [4.69, 9.17) is 21.1 Å². The van der Waals surface area contributed by atoms with Gasteiger partial charge in [-0.15, -0.1) is 0 Å². The lowest BCUT2D eigenvalue weighted by atomic mass is 10.1. The van der Waals surface area contributed by atoms with Gasteiger partial charge >= 0.3 is 6.03 Å². The van der Waals surface area contributed by atoms with Crippen LogP contribution in [0.3, 0.4) is 0 Å². The van der Waals surface area contributed by atoms with E-state index in [-0.39, 0.29) is 0 Å². The second-order valence-electron chi connectivity index (χ2n) is 5.62. The first-order valence-electron chi connectivity index (χ1n) is 7.87. The highest BCUT2D eigenvalue weighted by Crippen LogP contribution is 2.29. The third-order valence-electron chi connectivity index (χ3n) is 3.80. The zero-order valence-electron chi connectivity index (χ0n) is 14.6. The van der Waals surface area contributed by atoms with Gasteiger partial charge in [0.25, 0.3) is 0 Å². The van der Waals surface area contributed by atoms with Crippen LogP contribution in [0, 0.1) is 6.92 Å². The van der Waals surface area contributed by atoms with Crippen LogP contribution in [-0.2, 0) is 0 Å². The van der Waals surface area contributed by atoms with Crippen LogP contribution < -0.4 is 20.1 Å². The Morgan fingerprint density at radius 1 is 1.00 bits per heavy atom. The Kier molecular flexibility index (Phi) is 5.14. The number of aromatic nitrogens is 1. The lowest BCUT2D eigenvalue weighted by Crippen LogP contribution is -2.20. The molecule has 26 heavy (non-hydrogen) atoms. The van der Waals surface area contributed by atoms with Gasteiger partial charge in [-0.2, -0.15) is 0 Å². The molecule has 0 fully saturated rings. The molecule has 0 atom stereocenters. The van der Waals surface area contributed by atoms with Gasteiger partial charge in [0.1, 0.15) is 11.5 Å². The summed E-state index contributed by atoms with van der Waals surface area (Å²) in [7, 11) is 3.13. The van der Waals surface area contributed by atoms with E-state index in [2.05, 4.69) is 15.6 Å². The maximum absolute atomic E-state index is 12.5. The number of urea groups is 1. The van der Waals surface area contributed by atoms with E-state index in [0.29, 0.717) is 27.9 Å². The average molecular weight is 372 g/mol. The van der Waals surface area contributed by atoms with E-state index >= 15 is 0 Å². The number of halogens is 1. The summed E-state index contributed by atoms with van der Waals surface area (Å²) in [5.74, 6) is 1.22. The quantitative estimate of drug-likeness (QED) is 0.687. The summed E-state index contributed by atoms with van der Waals surface area (Å²) in [4.78, 5) is 17.0. The summed E-state index contributed by atoms with van der Waals surface area (Å²) in [5.41, 5.74) is 2.64. The van der Waals surface area contributed by atoms with Crippen molar-refractivity contribution < 1.29 is 14.3 Å². The lowest BCUT2D eigenvalue weighted by molar-refractivity contribution is 0.262. The number of fused-ring (bicyclic) bond motifs is 1. The van der Waals surface area contributed by atoms with Gasteiger partial charge in [0.05, 0.1) is 31.1 Å². The molecule has 1 aromatic heterocycles. The third kappa shape index (κ3) is 3.81.